The molecule has 0 saturated heterocycles. The number of thiazole rings is 1. The molecule has 3 aromatic rings. The van der Waals surface area contributed by atoms with Gasteiger partial charge in [-0.1, -0.05) is 36.4 Å². The minimum atomic E-state index is -0.304. The lowest BCUT2D eigenvalue weighted by Crippen LogP contribution is -2.22. The summed E-state index contributed by atoms with van der Waals surface area (Å²) in [5.74, 6) is -0.236. The molecule has 0 aliphatic heterocycles. The third-order valence-corrected chi connectivity index (χ3v) is 5.49. The van der Waals surface area contributed by atoms with Gasteiger partial charge in [-0.05, 0) is 25.1 Å². The number of nitrogens with zero attached hydrogens (tertiary/aromatic N) is 1. The van der Waals surface area contributed by atoms with Crippen molar-refractivity contribution in [2.75, 3.05) is 10.6 Å². The first-order valence-corrected chi connectivity index (χ1v) is 10.1. The van der Waals surface area contributed by atoms with E-state index in [0.717, 1.165) is 16.2 Å². The Bertz CT molecular complexity index is 941. The molecular weight excluding hydrogens is 378 g/mol. The van der Waals surface area contributed by atoms with Gasteiger partial charge in [-0.3, -0.25) is 9.59 Å². The van der Waals surface area contributed by atoms with Gasteiger partial charge in [0.15, 0.2) is 5.13 Å². The first kappa shape index (κ1) is 19.1. The number of hydrogen-bond donors (Lipinski definition) is 2. The van der Waals surface area contributed by atoms with Crippen LogP contribution in [-0.4, -0.2) is 22.0 Å². The zero-order valence-electron chi connectivity index (χ0n) is 14.9. The summed E-state index contributed by atoms with van der Waals surface area (Å²) in [6.45, 7) is 3.31. The molecule has 1 atom stereocenters. The van der Waals surface area contributed by atoms with Crippen LogP contribution in [0.4, 0.5) is 10.8 Å². The van der Waals surface area contributed by atoms with Crippen LogP contribution in [0, 0.1) is 0 Å². The Labute approximate surface area is 166 Å². The van der Waals surface area contributed by atoms with E-state index in [1.165, 1.54) is 30.0 Å². The van der Waals surface area contributed by atoms with Crippen molar-refractivity contribution in [1.29, 1.82) is 0 Å². The minimum absolute atomic E-state index is 0.112. The van der Waals surface area contributed by atoms with Gasteiger partial charge in [0, 0.05) is 28.5 Å². The molecule has 1 heterocycles. The Kier molecular flexibility index (Phi) is 6.26. The maximum absolute atomic E-state index is 12.5. The van der Waals surface area contributed by atoms with Crippen molar-refractivity contribution in [2.45, 2.75) is 24.0 Å². The van der Waals surface area contributed by atoms with E-state index in [1.807, 2.05) is 66.9 Å². The number of amides is 2. The molecule has 0 spiro atoms. The number of carbonyl (C=O) groups is 2. The summed E-state index contributed by atoms with van der Waals surface area (Å²) in [7, 11) is 0. The van der Waals surface area contributed by atoms with Crippen LogP contribution in [0.3, 0.4) is 0 Å². The van der Waals surface area contributed by atoms with Crippen molar-refractivity contribution >= 4 is 45.7 Å². The van der Waals surface area contributed by atoms with Crippen LogP contribution in [0.15, 0.2) is 64.9 Å². The fourth-order valence-electron chi connectivity index (χ4n) is 2.39. The topological polar surface area (TPSA) is 71.1 Å². The van der Waals surface area contributed by atoms with Crippen molar-refractivity contribution in [3.63, 3.8) is 0 Å². The molecule has 5 nitrogen and oxygen atoms in total. The van der Waals surface area contributed by atoms with Crippen molar-refractivity contribution < 1.29 is 9.59 Å². The predicted molar refractivity (Wildman–Crippen MR) is 112 cm³/mol. The molecular formula is C20H19N3O2S2. The molecule has 0 bridgehead atoms. The highest BCUT2D eigenvalue weighted by molar-refractivity contribution is 8.00. The highest BCUT2D eigenvalue weighted by Crippen LogP contribution is 2.28. The van der Waals surface area contributed by atoms with Gasteiger partial charge < -0.3 is 10.6 Å². The number of hydrogen-bond acceptors (Lipinski definition) is 5. The van der Waals surface area contributed by atoms with Crippen LogP contribution in [0.1, 0.15) is 13.8 Å². The van der Waals surface area contributed by atoms with E-state index in [2.05, 4.69) is 15.6 Å². The van der Waals surface area contributed by atoms with E-state index < -0.39 is 0 Å². The SMILES string of the molecule is CC(=O)Nc1cccc(SC(C)C(=O)Nc2nc(-c3ccccc3)cs2)c1. The van der Waals surface area contributed by atoms with Crippen molar-refractivity contribution in [1.82, 2.24) is 4.98 Å². The molecule has 1 aromatic heterocycles. The van der Waals surface area contributed by atoms with Crippen LogP contribution in [0.5, 0.6) is 0 Å². The standard InChI is InChI=1S/C20H19N3O2S2/c1-13(27-17-10-6-9-16(11-17)21-14(2)24)19(25)23-20-22-18(12-26-20)15-7-4-3-5-8-15/h3-13H,1-2H3,(H,21,24)(H,22,23,25). The number of carbonyl (C=O) groups excluding carboxylic acids is 2. The number of aromatic nitrogens is 1. The van der Waals surface area contributed by atoms with Crippen LogP contribution in [-0.2, 0) is 9.59 Å². The Balaban J connectivity index is 1.61. The van der Waals surface area contributed by atoms with Gasteiger partial charge in [0.05, 0.1) is 10.9 Å². The van der Waals surface area contributed by atoms with E-state index in [-0.39, 0.29) is 17.1 Å². The van der Waals surface area contributed by atoms with Crippen LogP contribution in [0.25, 0.3) is 11.3 Å². The number of thioether (sulfide) groups is 1. The molecule has 0 saturated carbocycles. The Morgan fingerprint density at radius 1 is 1.07 bits per heavy atom. The lowest BCUT2D eigenvalue weighted by Gasteiger charge is -2.11. The molecule has 0 aliphatic rings. The van der Waals surface area contributed by atoms with Crippen molar-refractivity contribution in [3.05, 3.63) is 60.0 Å². The number of benzene rings is 2. The monoisotopic (exact) mass is 397 g/mol. The zero-order valence-corrected chi connectivity index (χ0v) is 16.6. The third kappa shape index (κ3) is 5.42. The number of nitrogens with one attached hydrogen (secondary N) is 2. The average Bonchev–Trinajstić information content (AvgIpc) is 3.10. The molecule has 0 aliphatic carbocycles. The van der Waals surface area contributed by atoms with Gasteiger partial charge in [0.2, 0.25) is 11.8 Å². The average molecular weight is 398 g/mol. The summed E-state index contributed by atoms with van der Waals surface area (Å²) in [4.78, 5) is 29.1. The first-order valence-electron chi connectivity index (χ1n) is 8.37. The van der Waals surface area contributed by atoms with Gasteiger partial charge in [0.25, 0.3) is 0 Å². The predicted octanol–water partition coefficient (Wildman–Crippen LogP) is 4.89. The highest BCUT2D eigenvalue weighted by atomic mass is 32.2. The van der Waals surface area contributed by atoms with E-state index in [9.17, 15) is 9.59 Å². The normalized spacial score (nSPS) is 11.6. The molecule has 3 rings (SSSR count). The van der Waals surface area contributed by atoms with Gasteiger partial charge >= 0.3 is 0 Å². The van der Waals surface area contributed by atoms with Gasteiger partial charge in [-0.25, -0.2) is 4.98 Å². The van der Waals surface area contributed by atoms with E-state index in [4.69, 9.17) is 0 Å². The summed E-state index contributed by atoms with van der Waals surface area (Å²) in [5.41, 5.74) is 2.58. The largest absolute Gasteiger partial charge is 0.326 e. The first-order chi connectivity index (χ1) is 13.0. The zero-order chi connectivity index (χ0) is 19.2. The van der Waals surface area contributed by atoms with Crippen LogP contribution >= 0.6 is 23.1 Å². The lowest BCUT2D eigenvalue weighted by atomic mass is 10.2. The Morgan fingerprint density at radius 3 is 2.59 bits per heavy atom. The molecule has 138 valence electrons. The molecule has 0 fully saturated rings. The second-order valence-corrected chi connectivity index (χ2v) is 8.13. The van der Waals surface area contributed by atoms with Crippen molar-refractivity contribution in [3.8, 4) is 11.3 Å². The molecule has 7 heteroatoms. The maximum atomic E-state index is 12.5. The van der Waals surface area contributed by atoms with Gasteiger partial charge in [-0.15, -0.1) is 23.1 Å². The molecule has 0 radical (unpaired) electrons. The van der Waals surface area contributed by atoms with E-state index in [0.29, 0.717) is 10.8 Å². The number of anilines is 2. The van der Waals surface area contributed by atoms with Crippen molar-refractivity contribution in [2.24, 2.45) is 0 Å². The fraction of sp³-hybridized carbons (Fsp3) is 0.150. The van der Waals surface area contributed by atoms with Gasteiger partial charge in [0.1, 0.15) is 0 Å². The molecule has 2 aromatic carbocycles. The Morgan fingerprint density at radius 2 is 1.85 bits per heavy atom. The van der Waals surface area contributed by atoms with Gasteiger partial charge in [-0.2, -0.15) is 0 Å². The second kappa shape index (κ2) is 8.83. The van der Waals surface area contributed by atoms with E-state index in [1.54, 1.807) is 0 Å². The molecule has 2 amide bonds. The number of rotatable bonds is 6. The summed E-state index contributed by atoms with van der Waals surface area (Å²) < 4.78 is 0. The summed E-state index contributed by atoms with van der Waals surface area (Å²) in [6.07, 6.45) is 0. The molecule has 1 unspecified atom stereocenters. The summed E-state index contributed by atoms with van der Waals surface area (Å²) in [6, 6.07) is 17.3. The minimum Gasteiger partial charge on any atom is -0.326 e. The van der Waals surface area contributed by atoms with Crippen LogP contribution < -0.4 is 10.6 Å². The summed E-state index contributed by atoms with van der Waals surface area (Å²) >= 11 is 2.83. The fourth-order valence-corrected chi connectivity index (χ4v) is 4.04. The highest BCUT2D eigenvalue weighted by Gasteiger charge is 2.16. The molecule has 27 heavy (non-hydrogen) atoms. The van der Waals surface area contributed by atoms with Crippen LogP contribution in [0.2, 0.25) is 0 Å². The third-order valence-electron chi connectivity index (χ3n) is 3.64. The van der Waals surface area contributed by atoms with E-state index >= 15 is 0 Å². The second-order valence-electron chi connectivity index (χ2n) is 5.86. The maximum Gasteiger partial charge on any atom is 0.239 e. The summed E-state index contributed by atoms with van der Waals surface area (Å²) in [5, 5.41) is 7.83. The Hall–Kier alpha value is -2.64. The smallest absolute Gasteiger partial charge is 0.239 e. The quantitative estimate of drug-likeness (QED) is 0.581. The molecule has 2 N–H and O–H groups in total. The lowest BCUT2D eigenvalue weighted by molar-refractivity contribution is -0.115.